The maximum atomic E-state index is 11.4. The molecule has 0 aliphatic carbocycles. The number of fused-ring (bicyclic) bond motifs is 1. The summed E-state index contributed by atoms with van der Waals surface area (Å²) >= 11 is 11.8. The Morgan fingerprint density at radius 1 is 1.17 bits per heavy atom. The van der Waals surface area contributed by atoms with Crippen molar-refractivity contribution in [3.05, 3.63) is 64.8 Å². The minimum absolute atomic E-state index is 0.157. The van der Waals surface area contributed by atoms with Crippen LogP contribution in [0.5, 0.6) is 11.5 Å². The molecule has 0 unspecified atom stereocenters. The number of nitrogens with zero attached hydrogens (tertiary/aromatic N) is 1. The zero-order valence-electron chi connectivity index (χ0n) is 12.8. The molecule has 0 spiro atoms. The Morgan fingerprint density at radius 3 is 2.58 bits per heavy atom. The van der Waals surface area contributed by atoms with Crippen LogP contribution < -0.4 is 9.47 Å². The highest BCUT2D eigenvalue weighted by molar-refractivity contribution is 6.69. The lowest BCUT2D eigenvalue weighted by molar-refractivity contribution is 0.108. The molecule has 0 bridgehead atoms. The van der Waals surface area contributed by atoms with E-state index in [-0.39, 0.29) is 10.6 Å². The number of methoxy groups -OCH3 is 1. The fourth-order valence-corrected chi connectivity index (χ4v) is 2.79. The molecule has 0 N–H and O–H groups in total. The third-order valence-electron chi connectivity index (χ3n) is 3.54. The van der Waals surface area contributed by atoms with Gasteiger partial charge < -0.3 is 9.47 Å². The number of benzene rings is 2. The second kappa shape index (κ2) is 7.07. The Hall–Kier alpha value is -2.30. The van der Waals surface area contributed by atoms with Gasteiger partial charge in [0.25, 0.3) is 5.24 Å². The van der Waals surface area contributed by atoms with Crippen LogP contribution in [0.1, 0.15) is 15.9 Å². The molecule has 3 aromatic rings. The zero-order chi connectivity index (χ0) is 17.1. The summed E-state index contributed by atoms with van der Waals surface area (Å²) in [5, 5.41) is 0.163. The number of pyridine rings is 1. The summed E-state index contributed by atoms with van der Waals surface area (Å²) in [7, 11) is 1.55. The van der Waals surface area contributed by atoms with Crippen LogP contribution in [0.2, 0.25) is 5.02 Å². The Kier molecular flexibility index (Phi) is 4.88. The third-order valence-corrected chi connectivity index (χ3v) is 4.15. The van der Waals surface area contributed by atoms with Crippen LogP contribution in [0.25, 0.3) is 10.9 Å². The van der Waals surface area contributed by atoms with Crippen LogP contribution in [0.15, 0.2) is 48.7 Å². The Labute approximate surface area is 148 Å². The molecule has 24 heavy (non-hydrogen) atoms. The van der Waals surface area contributed by atoms with E-state index in [1.54, 1.807) is 19.2 Å². The molecule has 4 nitrogen and oxygen atoms in total. The van der Waals surface area contributed by atoms with Crippen molar-refractivity contribution in [1.29, 1.82) is 0 Å². The smallest absolute Gasteiger partial charge is 0.255 e. The summed E-state index contributed by atoms with van der Waals surface area (Å²) in [4.78, 5) is 15.6. The van der Waals surface area contributed by atoms with Gasteiger partial charge in [-0.15, -0.1) is 0 Å². The minimum atomic E-state index is -0.656. The molecule has 0 amide bonds. The molecule has 1 heterocycles. The van der Waals surface area contributed by atoms with Gasteiger partial charge in [-0.3, -0.25) is 9.78 Å². The molecule has 6 heteroatoms. The molecule has 0 fully saturated rings. The van der Waals surface area contributed by atoms with Crippen molar-refractivity contribution < 1.29 is 14.3 Å². The number of carbonyl (C=O) groups is 1. The molecule has 2 aromatic carbocycles. The first-order valence-corrected chi connectivity index (χ1v) is 7.88. The van der Waals surface area contributed by atoms with E-state index >= 15 is 0 Å². The number of hydrogen-bond acceptors (Lipinski definition) is 4. The third kappa shape index (κ3) is 3.30. The lowest BCUT2D eigenvalue weighted by Crippen LogP contribution is -1.99. The first-order valence-electron chi connectivity index (χ1n) is 7.13. The Morgan fingerprint density at radius 2 is 1.92 bits per heavy atom. The summed E-state index contributed by atoms with van der Waals surface area (Å²) in [6.07, 6.45) is 1.35. The number of rotatable bonds is 5. The first kappa shape index (κ1) is 16.6. The van der Waals surface area contributed by atoms with Gasteiger partial charge in [0.1, 0.15) is 6.61 Å². The SMILES string of the molecule is COc1cc2ncc(C(=O)Cl)c(Cl)c2cc1OCc1ccccc1. The van der Waals surface area contributed by atoms with Crippen molar-refractivity contribution in [2.45, 2.75) is 6.61 Å². The van der Waals surface area contributed by atoms with Crippen molar-refractivity contribution in [2.24, 2.45) is 0 Å². The topological polar surface area (TPSA) is 48.4 Å². The highest BCUT2D eigenvalue weighted by atomic mass is 35.5. The fraction of sp³-hybridized carbons (Fsp3) is 0.111. The molecular weight excluding hydrogens is 349 g/mol. The fourth-order valence-electron chi connectivity index (χ4n) is 2.31. The molecule has 0 saturated heterocycles. The second-order valence-electron chi connectivity index (χ2n) is 5.05. The van der Waals surface area contributed by atoms with Crippen LogP contribution in [0, 0.1) is 0 Å². The molecule has 0 aliphatic heterocycles. The van der Waals surface area contributed by atoms with Gasteiger partial charge in [0.15, 0.2) is 11.5 Å². The van der Waals surface area contributed by atoms with Gasteiger partial charge in [-0.25, -0.2) is 0 Å². The standard InChI is InChI=1S/C18H13Cl2NO3/c1-23-15-8-14-12(17(19)13(9-21-14)18(20)22)7-16(15)24-10-11-5-3-2-4-6-11/h2-9H,10H2,1H3. The Balaban J connectivity index is 2.02. The van der Waals surface area contributed by atoms with Crippen LogP contribution >= 0.6 is 23.2 Å². The van der Waals surface area contributed by atoms with E-state index in [4.69, 9.17) is 32.7 Å². The lowest BCUT2D eigenvalue weighted by Gasteiger charge is -2.13. The van der Waals surface area contributed by atoms with E-state index in [9.17, 15) is 4.79 Å². The Bertz CT molecular complexity index is 898. The van der Waals surface area contributed by atoms with Crippen LogP contribution in [0.3, 0.4) is 0 Å². The summed E-state index contributed by atoms with van der Waals surface area (Å²) in [5.74, 6) is 1.05. The van der Waals surface area contributed by atoms with Crippen LogP contribution in [-0.2, 0) is 6.61 Å². The predicted octanol–water partition coefficient (Wildman–Crippen LogP) is 4.85. The molecular formula is C18H13Cl2NO3. The van der Waals surface area contributed by atoms with Crippen LogP contribution in [0.4, 0.5) is 0 Å². The molecule has 3 rings (SSSR count). The molecule has 0 radical (unpaired) electrons. The second-order valence-corrected chi connectivity index (χ2v) is 5.78. The summed E-state index contributed by atoms with van der Waals surface area (Å²) in [5.41, 5.74) is 1.77. The number of carbonyl (C=O) groups excluding carboxylic acids is 1. The normalized spacial score (nSPS) is 10.6. The van der Waals surface area contributed by atoms with Gasteiger partial charge in [0, 0.05) is 17.6 Å². The minimum Gasteiger partial charge on any atom is -0.493 e. The quantitative estimate of drug-likeness (QED) is 0.609. The van der Waals surface area contributed by atoms with Gasteiger partial charge in [-0.1, -0.05) is 41.9 Å². The van der Waals surface area contributed by atoms with Crippen molar-refractivity contribution >= 4 is 39.3 Å². The van der Waals surface area contributed by atoms with Crippen molar-refractivity contribution in [3.63, 3.8) is 0 Å². The maximum absolute atomic E-state index is 11.4. The summed E-state index contributed by atoms with van der Waals surface area (Å²) in [6.45, 7) is 0.377. The van der Waals surface area contributed by atoms with Gasteiger partial charge in [-0.2, -0.15) is 0 Å². The van der Waals surface area contributed by atoms with E-state index in [0.29, 0.717) is 29.0 Å². The molecule has 0 aliphatic rings. The number of aromatic nitrogens is 1. The van der Waals surface area contributed by atoms with Crippen LogP contribution in [-0.4, -0.2) is 17.3 Å². The van der Waals surface area contributed by atoms with Gasteiger partial charge >= 0.3 is 0 Å². The lowest BCUT2D eigenvalue weighted by atomic mass is 10.1. The van der Waals surface area contributed by atoms with E-state index in [0.717, 1.165) is 5.56 Å². The monoisotopic (exact) mass is 361 g/mol. The highest BCUT2D eigenvalue weighted by Gasteiger charge is 2.15. The average Bonchev–Trinajstić information content (AvgIpc) is 2.60. The van der Waals surface area contributed by atoms with Crippen molar-refractivity contribution in [1.82, 2.24) is 4.98 Å². The van der Waals surface area contributed by atoms with Gasteiger partial charge in [0.05, 0.1) is 23.2 Å². The maximum Gasteiger partial charge on any atom is 0.255 e. The number of hydrogen-bond donors (Lipinski definition) is 0. The number of ether oxygens (including phenoxy) is 2. The first-order chi connectivity index (χ1) is 11.6. The van der Waals surface area contributed by atoms with Crippen molar-refractivity contribution in [2.75, 3.05) is 7.11 Å². The van der Waals surface area contributed by atoms with Gasteiger partial charge in [0.2, 0.25) is 0 Å². The molecule has 1 aromatic heterocycles. The van der Waals surface area contributed by atoms with E-state index in [1.165, 1.54) is 6.20 Å². The highest BCUT2D eigenvalue weighted by Crippen LogP contribution is 2.36. The van der Waals surface area contributed by atoms with E-state index < -0.39 is 5.24 Å². The van der Waals surface area contributed by atoms with Crippen molar-refractivity contribution in [3.8, 4) is 11.5 Å². The van der Waals surface area contributed by atoms with E-state index in [1.807, 2.05) is 30.3 Å². The molecule has 0 saturated carbocycles. The summed E-state index contributed by atoms with van der Waals surface area (Å²) < 4.78 is 11.2. The zero-order valence-corrected chi connectivity index (χ0v) is 14.3. The summed E-state index contributed by atoms with van der Waals surface area (Å²) in [6, 6.07) is 13.2. The van der Waals surface area contributed by atoms with Gasteiger partial charge in [-0.05, 0) is 23.2 Å². The van der Waals surface area contributed by atoms with E-state index in [2.05, 4.69) is 4.98 Å². The molecule has 0 atom stereocenters. The predicted molar refractivity (Wildman–Crippen MR) is 94.3 cm³/mol. The number of halogens is 2. The largest absolute Gasteiger partial charge is 0.493 e. The average molecular weight is 362 g/mol. The molecule has 122 valence electrons.